The van der Waals surface area contributed by atoms with Gasteiger partial charge in [0.15, 0.2) is 0 Å². The summed E-state index contributed by atoms with van der Waals surface area (Å²) in [5.74, 6) is 0.0317. The summed E-state index contributed by atoms with van der Waals surface area (Å²) in [4.78, 5) is 30.1. The number of piperazine rings is 1. The highest BCUT2D eigenvalue weighted by Crippen LogP contribution is 2.29. The molecule has 2 fully saturated rings. The van der Waals surface area contributed by atoms with Gasteiger partial charge >= 0.3 is 5.97 Å². The van der Waals surface area contributed by atoms with Gasteiger partial charge in [-0.2, -0.15) is 0 Å². The SMILES string of the molecule is CCOC(=O)/C=C1\SCC(=O)N1CCN1CCN(c2ccccc2Cl)CC1. The summed E-state index contributed by atoms with van der Waals surface area (Å²) in [5, 5.41) is 1.47. The fourth-order valence-electron chi connectivity index (χ4n) is 3.22. The molecule has 2 aliphatic rings. The van der Waals surface area contributed by atoms with Crippen molar-refractivity contribution in [3.05, 3.63) is 40.4 Å². The van der Waals surface area contributed by atoms with Gasteiger partial charge in [-0.15, -0.1) is 0 Å². The first-order valence-electron chi connectivity index (χ1n) is 9.12. The minimum absolute atomic E-state index is 0.0465. The lowest BCUT2D eigenvalue weighted by Gasteiger charge is -2.37. The molecule has 27 heavy (non-hydrogen) atoms. The summed E-state index contributed by atoms with van der Waals surface area (Å²) in [6.45, 7) is 7.09. The third-order valence-electron chi connectivity index (χ3n) is 4.64. The summed E-state index contributed by atoms with van der Waals surface area (Å²) < 4.78 is 4.95. The smallest absolute Gasteiger partial charge is 0.333 e. The molecular weight excluding hydrogens is 386 g/mol. The first-order chi connectivity index (χ1) is 13.1. The van der Waals surface area contributed by atoms with E-state index in [0.29, 0.717) is 23.9 Å². The molecular formula is C19H24ClN3O3S. The first-order valence-corrected chi connectivity index (χ1v) is 10.5. The molecule has 0 saturated carbocycles. The van der Waals surface area contributed by atoms with Gasteiger partial charge in [-0.3, -0.25) is 9.69 Å². The van der Waals surface area contributed by atoms with E-state index in [1.807, 2.05) is 24.3 Å². The Morgan fingerprint density at radius 3 is 2.67 bits per heavy atom. The van der Waals surface area contributed by atoms with Crippen LogP contribution in [0.25, 0.3) is 0 Å². The van der Waals surface area contributed by atoms with Gasteiger partial charge in [0.1, 0.15) is 0 Å². The Labute approximate surface area is 169 Å². The van der Waals surface area contributed by atoms with Crippen molar-refractivity contribution in [2.24, 2.45) is 0 Å². The standard InChI is InChI=1S/C19H24ClN3O3S/c1-2-26-19(25)13-18-23(17(24)14-27-18)12-9-21-7-10-22(11-8-21)16-6-4-3-5-15(16)20/h3-6,13H,2,7-12,14H2,1H3/b18-13-. The van der Waals surface area contributed by atoms with Gasteiger partial charge in [-0.05, 0) is 19.1 Å². The lowest BCUT2D eigenvalue weighted by Crippen LogP contribution is -2.48. The predicted molar refractivity (Wildman–Crippen MR) is 109 cm³/mol. The highest BCUT2D eigenvalue weighted by molar-refractivity contribution is 8.04. The molecule has 0 aromatic heterocycles. The van der Waals surface area contributed by atoms with Gasteiger partial charge in [0.05, 0.1) is 34.2 Å². The number of esters is 1. The molecule has 2 aliphatic heterocycles. The van der Waals surface area contributed by atoms with Crippen molar-refractivity contribution in [1.29, 1.82) is 0 Å². The Balaban J connectivity index is 1.51. The fourth-order valence-corrected chi connectivity index (χ4v) is 4.43. The Hall–Kier alpha value is -1.70. The van der Waals surface area contributed by atoms with Crippen LogP contribution in [0.15, 0.2) is 35.4 Å². The number of amides is 1. The van der Waals surface area contributed by atoms with E-state index in [2.05, 4.69) is 9.80 Å². The zero-order valence-corrected chi connectivity index (χ0v) is 17.0. The van der Waals surface area contributed by atoms with Crippen molar-refractivity contribution < 1.29 is 14.3 Å². The minimum atomic E-state index is -0.395. The van der Waals surface area contributed by atoms with Crippen molar-refractivity contribution in [1.82, 2.24) is 9.80 Å². The number of benzene rings is 1. The molecule has 0 radical (unpaired) electrons. The number of carbonyl (C=O) groups is 2. The number of hydrogen-bond acceptors (Lipinski definition) is 6. The number of thioether (sulfide) groups is 1. The first kappa shape index (κ1) is 20.0. The number of para-hydroxylation sites is 1. The predicted octanol–water partition coefficient (Wildman–Crippen LogP) is 2.44. The highest BCUT2D eigenvalue weighted by atomic mass is 35.5. The van der Waals surface area contributed by atoms with Gasteiger partial charge in [-0.1, -0.05) is 35.5 Å². The summed E-state index contributed by atoms with van der Waals surface area (Å²) in [7, 11) is 0. The van der Waals surface area contributed by atoms with Gasteiger partial charge in [0.2, 0.25) is 5.91 Å². The van der Waals surface area contributed by atoms with E-state index in [-0.39, 0.29) is 5.91 Å². The Kier molecular flexibility index (Phi) is 7.04. The molecule has 0 N–H and O–H groups in total. The van der Waals surface area contributed by atoms with Gasteiger partial charge < -0.3 is 14.5 Å². The molecule has 0 unspecified atom stereocenters. The lowest BCUT2D eigenvalue weighted by atomic mass is 10.2. The van der Waals surface area contributed by atoms with Crippen LogP contribution in [0.4, 0.5) is 5.69 Å². The molecule has 2 heterocycles. The monoisotopic (exact) mass is 409 g/mol. The summed E-state index contributed by atoms with van der Waals surface area (Å²) in [6.07, 6.45) is 1.43. The van der Waals surface area contributed by atoms with Crippen LogP contribution in [0, 0.1) is 0 Å². The van der Waals surface area contributed by atoms with Crippen molar-refractivity contribution in [2.45, 2.75) is 6.92 Å². The number of rotatable bonds is 6. The third-order valence-corrected chi connectivity index (χ3v) is 5.99. The number of nitrogens with zero attached hydrogens (tertiary/aromatic N) is 3. The molecule has 0 spiro atoms. The molecule has 0 aliphatic carbocycles. The maximum Gasteiger partial charge on any atom is 0.333 e. The maximum atomic E-state index is 12.1. The molecule has 8 heteroatoms. The largest absolute Gasteiger partial charge is 0.463 e. The molecule has 1 amide bonds. The third kappa shape index (κ3) is 5.18. The van der Waals surface area contributed by atoms with E-state index in [0.717, 1.165) is 43.4 Å². The second-order valence-corrected chi connectivity index (χ2v) is 7.75. The van der Waals surface area contributed by atoms with Crippen molar-refractivity contribution >= 4 is 40.9 Å². The van der Waals surface area contributed by atoms with Crippen LogP contribution in [0.1, 0.15) is 6.92 Å². The topological polar surface area (TPSA) is 53.1 Å². The molecule has 2 saturated heterocycles. The normalized spacial score (nSPS) is 19.8. The van der Waals surface area contributed by atoms with Crippen LogP contribution in [0.2, 0.25) is 5.02 Å². The van der Waals surface area contributed by atoms with Crippen LogP contribution in [-0.4, -0.2) is 73.3 Å². The Morgan fingerprint density at radius 2 is 1.96 bits per heavy atom. The van der Waals surface area contributed by atoms with E-state index < -0.39 is 5.97 Å². The van der Waals surface area contributed by atoms with E-state index in [1.165, 1.54) is 17.8 Å². The second kappa shape index (κ2) is 9.48. The molecule has 1 aromatic carbocycles. The summed E-state index contributed by atoms with van der Waals surface area (Å²) in [5.41, 5.74) is 1.07. The zero-order chi connectivity index (χ0) is 19.2. The summed E-state index contributed by atoms with van der Waals surface area (Å²) >= 11 is 7.69. The van der Waals surface area contributed by atoms with Crippen molar-refractivity contribution in [3.63, 3.8) is 0 Å². The quantitative estimate of drug-likeness (QED) is 0.531. The van der Waals surface area contributed by atoms with Crippen molar-refractivity contribution in [2.75, 3.05) is 56.5 Å². The Morgan fingerprint density at radius 1 is 1.22 bits per heavy atom. The molecule has 1 aromatic rings. The second-order valence-electron chi connectivity index (χ2n) is 6.35. The van der Waals surface area contributed by atoms with Gasteiger partial charge in [-0.25, -0.2) is 4.79 Å². The van der Waals surface area contributed by atoms with E-state index >= 15 is 0 Å². The van der Waals surface area contributed by atoms with E-state index in [4.69, 9.17) is 16.3 Å². The number of ether oxygens (including phenoxy) is 1. The van der Waals surface area contributed by atoms with Crippen molar-refractivity contribution in [3.8, 4) is 0 Å². The minimum Gasteiger partial charge on any atom is -0.463 e. The van der Waals surface area contributed by atoms with Crippen LogP contribution in [-0.2, 0) is 14.3 Å². The molecule has 6 nitrogen and oxygen atoms in total. The van der Waals surface area contributed by atoms with E-state index in [9.17, 15) is 9.59 Å². The molecule has 0 bridgehead atoms. The molecule has 146 valence electrons. The molecule has 3 rings (SSSR count). The summed E-state index contributed by atoms with van der Waals surface area (Å²) in [6, 6.07) is 7.90. The Bertz CT molecular complexity index is 720. The average molecular weight is 410 g/mol. The van der Waals surface area contributed by atoms with Gasteiger partial charge in [0, 0.05) is 39.3 Å². The maximum absolute atomic E-state index is 12.1. The molecule has 0 atom stereocenters. The number of anilines is 1. The van der Waals surface area contributed by atoms with E-state index in [1.54, 1.807) is 11.8 Å². The number of halogens is 1. The van der Waals surface area contributed by atoms with Gasteiger partial charge in [0.25, 0.3) is 0 Å². The number of hydrogen-bond donors (Lipinski definition) is 0. The van der Waals surface area contributed by atoms with Crippen LogP contribution < -0.4 is 4.90 Å². The van der Waals surface area contributed by atoms with Crippen LogP contribution >= 0.6 is 23.4 Å². The van der Waals surface area contributed by atoms with Crippen LogP contribution in [0.3, 0.4) is 0 Å². The van der Waals surface area contributed by atoms with Crippen LogP contribution in [0.5, 0.6) is 0 Å². The fraction of sp³-hybridized carbons (Fsp3) is 0.474. The lowest BCUT2D eigenvalue weighted by molar-refractivity contribution is -0.137. The zero-order valence-electron chi connectivity index (χ0n) is 15.4. The highest BCUT2D eigenvalue weighted by Gasteiger charge is 2.28. The number of carbonyl (C=O) groups excluding carboxylic acids is 2. The average Bonchev–Trinajstić information content (AvgIpc) is 3.00.